The minimum atomic E-state index is -3.93. The van der Waals surface area contributed by atoms with Crippen LogP contribution < -0.4 is 14.2 Å². The Hall–Kier alpha value is -2.74. The molecule has 0 aliphatic carbocycles. The van der Waals surface area contributed by atoms with Gasteiger partial charge in [0.1, 0.15) is 11.5 Å². The molecule has 1 amide bonds. The summed E-state index contributed by atoms with van der Waals surface area (Å²) in [7, 11) is -2.46. The molecule has 0 bridgehead atoms. The number of methoxy groups -OCH3 is 1. The fourth-order valence-electron chi connectivity index (χ4n) is 3.44. The zero-order valence-corrected chi connectivity index (χ0v) is 18.4. The van der Waals surface area contributed by atoms with Crippen molar-refractivity contribution < 1.29 is 22.7 Å². The summed E-state index contributed by atoms with van der Waals surface area (Å²) < 4.78 is 39.4. The quantitative estimate of drug-likeness (QED) is 0.720. The van der Waals surface area contributed by atoms with Crippen LogP contribution in [0.15, 0.2) is 47.4 Å². The number of amides is 1. The van der Waals surface area contributed by atoms with E-state index in [1.165, 1.54) is 25.3 Å². The molecule has 0 unspecified atom stereocenters. The fourth-order valence-corrected chi connectivity index (χ4v) is 4.54. The van der Waals surface area contributed by atoms with Gasteiger partial charge in [0.2, 0.25) is 0 Å². The van der Waals surface area contributed by atoms with E-state index in [0.29, 0.717) is 42.8 Å². The molecule has 0 aromatic heterocycles. The van der Waals surface area contributed by atoms with E-state index < -0.39 is 10.0 Å². The molecule has 1 fully saturated rings. The van der Waals surface area contributed by atoms with Gasteiger partial charge in [-0.3, -0.25) is 9.52 Å². The van der Waals surface area contributed by atoms with Crippen molar-refractivity contribution in [3.05, 3.63) is 48.0 Å². The maximum Gasteiger partial charge on any atom is 0.262 e. The van der Waals surface area contributed by atoms with Gasteiger partial charge >= 0.3 is 0 Å². The van der Waals surface area contributed by atoms with Crippen LogP contribution in [0.3, 0.4) is 0 Å². The van der Waals surface area contributed by atoms with Gasteiger partial charge in [-0.2, -0.15) is 0 Å². The Morgan fingerprint density at radius 3 is 2.50 bits per heavy atom. The van der Waals surface area contributed by atoms with Gasteiger partial charge < -0.3 is 14.4 Å². The summed E-state index contributed by atoms with van der Waals surface area (Å²) in [5, 5.41) is 0. The van der Waals surface area contributed by atoms with Crippen LogP contribution in [0.2, 0.25) is 0 Å². The summed E-state index contributed by atoms with van der Waals surface area (Å²) in [5.74, 6) is 1.16. The van der Waals surface area contributed by atoms with E-state index in [4.69, 9.17) is 9.47 Å². The number of para-hydroxylation sites is 2. The van der Waals surface area contributed by atoms with E-state index in [-0.39, 0.29) is 16.4 Å². The van der Waals surface area contributed by atoms with Crippen molar-refractivity contribution in [2.24, 2.45) is 5.92 Å². The van der Waals surface area contributed by atoms with Crippen LogP contribution in [0.5, 0.6) is 11.5 Å². The predicted octanol–water partition coefficient (Wildman–Crippen LogP) is 3.77. The third-order valence-electron chi connectivity index (χ3n) is 5.21. The summed E-state index contributed by atoms with van der Waals surface area (Å²) in [5.41, 5.74) is 0.584. The number of carbonyl (C=O) groups excluding carboxylic acids is 1. The highest BCUT2D eigenvalue weighted by Gasteiger charge is 2.26. The summed E-state index contributed by atoms with van der Waals surface area (Å²) in [4.78, 5) is 14.8. The first-order chi connectivity index (χ1) is 14.4. The van der Waals surface area contributed by atoms with E-state index in [0.717, 1.165) is 12.8 Å². The molecule has 7 nitrogen and oxygen atoms in total. The first-order valence-electron chi connectivity index (χ1n) is 10.1. The number of likely N-dealkylation sites (tertiary alicyclic amines) is 1. The maximum absolute atomic E-state index is 13.1. The number of anilines is 1. The molecule has 1 N–H and O–H groups in total. The molecule has 162 valence electrons. The summed E-state index contributed by atoms with van der Waals surface area (Å²) in [6, 6.07) is 11.1. The number of carbonyl (C=O) groups is 1. The molecule has 0 atom stereocenters. The van der Waals surface area contributed by atoms with Gasteiger partial charge in [-0.25, -0.2) is 8.42 Å². The first-order valence-corrected chi connectivity index (χ1v) is 11.6. The second kappa shape index (κ2) is 9.38. The Labute approximate surface area is 178 Å². The third kappa shape index (κ3) is 4.87. The molecule has 0 saturated carbocycles. The minimum Gasteiger partial charge on any atom is -0.496 e. The molecule has 0 radical (unpaired) electrons. The van der Waals surface area contributed by atoms with Gasteiger partial charge in [-0.15, -0.1) is 0 Å². The minimum absolute atomic E-state index is 0.0108. The van der Waals surface area contributed by atoms with Crippen molar-refractivity contribution in [2.45, 2.75) is 31.6 Å². The Morgan fingerprint density at radius 2 is 1.83 bits per heavy atom. The number of hydrogen-bond donors (Lipinski definition) is 1. The SMILES string of the molecule is CCOc1ccccc1NS(=O)(=O)c1ccc(OC)c(C(=O)N2CCC(C)CC2)c1. The monoisotopic (exact) mass is 432 g/mol. The van der Waals surface area contributed by atoms with Gasteiger partial charge in [0, 0.05) is 13.1 Å². The van der Waals surface area contributed by atoms with Crippen molar-refractivity contribution in [1.29, 1.82) is 0 Å². The Morgan fingerprint density at radius 1 is 1.13 bits per heavy atom. The van der Waals surface area contributed by atoms with Gasteiger partial charge in [0.05, 0.1) is 29.9 Å². The first kappa shape index (κ1) is 22.0. The number of nitrogens with one attached hydrogen (secondary N) is 1. The van der Waals surface area contributed by atoms with E-state index in [2.05, 4.69) is 11.6 Å². The maximum atomic E-state index is 13.1. The third-order valence-corrected chi connectivity index (χ3v) is 6.58. The van der Waals surface area contributed by atoms with Crippen molar-refractivity contribution in [2.75, 3.05) is 31.5 Å². The molecule has 1 aliphatic heterocycles. The van der Waals surface area contributed by atoms with Gasteiger partial charge in [-0.1, -0.05) is 19.1 Å². The van der Waals surface area contributed by atoms with Gasteiger partial charge in [-0.05, 0) is 56.0 Å². The molecule has 2 aromatic rings. The topological polar surface area (TPSA) is 84.9 Å². The summed E-state index contributed by atoms with van der Waals surface area (Å²) >= 11 is 0. The molecule has 3 rings (SSSR count). The average molecular weight is 433 g/mol. The number of piperidine rings is 1. The average Bonchev–Trinajstić information content (AvgIpc) is 2.74. The second-order valence-corrected chi connectivity index (χ2v) is 9.05. The van der Waals surface area contributed by atoms with Crippen molar-refractivity contribution in [1.82, 2.24) is 4.90 Å². The molecule has 1 saturated heterocycles. The van der Waals surface area contributed by atoms with Crippen LogP contribution in [0, 0.1) is 5.92 Å². The standard InChI is InChI=1S/C22H28N2O5S/c1-4-29-21-8-6-5-7-19(21)23-30(26,27)17-9-10-20(28-3)18(15-17)22(25)24-13-11-16(2)12-14-24/h5-10,15-16,23H,4,11-14H2,1-3H3. The van der Waals surface area contributed by atoms with Crippen LogP contribution in [0.25, 0.3) is 0 Å². The van der Waals surface area contributed by atoms with Gasteiger partial charge in [0.25, 0.3) is 15.9 Å². The largest absolute Gasteiger partial charge is 0.496 e. The summed E-state index contributed by atoms with van der Waals surface area (Å²) in [6.45, 7) is 5.71. The fraction of sp³-hybridized carbons (Fsp3) is 0.409. The smallest absolute Gasteiger partial charge is 0.262 e. The lowest BCUT2D eigenvalue weighted by molar-refractivity contribution is 0.0693. The second-order valence-electron chi connectivity index (χ2n) is 7.37. The molecular formula is C22H28N2O5S. The molecular weight excluding hydrogens is 404 g/mol. The molecule has 8 heteroatoms. The molecule has 0 spiro atoms. The lowest BCUT2D eigenvalue weighted by atomic mass is 9.98. The Balaban J connectivity index is 1.91. The van der Waals surface area contributed by atoms with Crippen LogP contribution >= 0.6 is 0 Å². The van der Waals surface area contributed by atoms with E-state index in [1.807, 2.05) is 6.92 Å². The highest BCUT2D eigenvalue weighted by atomic mass is 32.2. The number of sulfonamides is 1. The highest BCUT2D eigenvalue weighted by molar-refractivity contribution is 7.92. The number of nitrogens with zero attached hydrogens (tertiary/aromatic N) is 1. The molecule has 1 aliphatic rings. The van der Waals surface area contributed by atoms with Crippen molar-refractivity contribution >= 4 is 21.6 Å². The molecule has 1 heterocycles. The lowest BCUT2D eigenvalue weighted by Crippen LogP contribution is -2.38. The van der Waals surface area contributed by atoms with Crippen LogP contribution in [-0.4, -0.2) is 46.0 Å². The predicted molar refractivity (Wildman–Crippen MR) is 116 cm³/mol. The van der Waals surface area contributed by atoms with Crippen LogP contribution in [-0.2, 0) is 10.0 Å². The van der Waals surface area contributed by atoms with Crippen LogP contribution in [0.4, 0.5) is 5.69 Å². The number of rotatable bonds is 7. The number of hydrogen-bond acceptors (Lipinski definition) is 5. The molecule has 2 aromatic carbocycles. The molecule has 30 heavy (non-hydrogen) atoms. The highest BCUT2D eigenvalue weighted by Crippen LogP contribution is 2.30. The van der Waals surface area contributed by atoms with E-state index >= 15 is 0 Å². The zero-order chi connectivity index (χ0) is 21.7. The van der Waals surface area contributed by atoms with Gasteiger partial charge in [0.15, 0.2) is 0 Å². The zero-order valence-electron chi connectivity index (χ0n) is 17.6. The number of benzene rings is 2. The Bertz CT molecular complexity index is 998. The van der Waals surface area contributed by atoms with E-state index in [1.54, 1.807) is 29.2 Å². The normalized spacial score (nSPS) is 15.0. The van der Waals surface area contributed by atoms with Crippen molar-refractivity contribution in [3.63, 3.8) is 0 Å². The van der Waals surface area contributed by atoms with E-state index in [9.17, 15) is 13.2 Å². The Kier molecular flexibility index (Phi) is 6.87. The van der Waals surface area contributed by atoms with Crippen LogP contribution in [0.1, 0.15) is 37.0 Å². The summed E-state index contributed by atoms with van der Waals surface area (Å²) in [6.07, 6.45) is 1.86. The lowest BCUT2D eigenvalue weighted by Gasteiger charge is -2.30. The van der Waals surface area contributed by atoms with Crippen molar-refractivity contribution in [3.8, 4) is 11.5 Å². The number of ether oxygens (including phenoxy) is 2.